The lowest BCUT2D eigenvalue weighted by atomic mass is 10.0. The molecule has 14 heavy (non-hydrogen) atoms. The molecule has 0 unspecified atom stereocenters. The van der Waals surface area contributed by atoms with Crippen LogP contribution in [0.25, 0.3) is 0 Å². The Morgan fingerprint density at radius 2 is 2.00 bits per heavy atom. The Morgan fingerprint density at radius 1 is 1.43 bits per heavy atom. The summed E-state index contributed by atoms with van der Waals surface area (Å²) in [5.74, 6) is -0.0848. The van der Waals surface area contributed by atoms with E-state index in [2.05, 4.69) is 0 Å². The van der Waals surface area contributed by atoms with E-state index < -0.39 is 5.60 Å². The fraction of sp³-hybridized carbons (Fsp3) is 0.909. The van der Waals surface area contributed by atoms with Gasteiger partial charge in [-0.05, 0) is 46.5 Å². The van der Waals surface area contributed by atoms with Crippen molar-refractivity contribution >= 4 is 5.97 Å². The molecular weight excluding hydrogens is 180 g/mol. The number of carbonyl (C=O) groups is 1. The van der Waals surface area contributed by atoms with E-state index in [1.807, 2.05) is 20.8 Å². The van der Waals surface area contributed by atoms with Crippen molar-refractivity contribution in [3.63, 3.8) is 0 Å². The summed E-state index contributed by atoms with van der Waals surface area (Å²) in [4.78, 5) is 11.7. The van der Waals surface area contributed by atoms with Crippen molar-refractivity contribution in [2.75, 3.05) is 6.61 Å². The summed E-state index contributed by atoms with van der Waals surface area (Å²) in [5.41, 5.74) is -0.651. The first-order valence-corrected chi connectivity index (χ1v) is 5.24. The topological polar surface area (TPSA) is 46.5 Å². The molecule has 0 atom stereocenters. The van der Waals surface area contributed by atoms with Gasteiger partial charge in [-0.1, -0.05) is 0 Å². The van der Waals surface area contributed by atoms with Gasteiger partial charge in [0.15, 0.2) is 0 Å². The molecular formula is C11H20O3. The standard InChI is InChI=1S/C11H20O3/c1-10(2,3)14-9(13)11(6-7-11)5-4-8-12/h12H,4-8H2,1-3H3. The fourth-order valence-corrected chi connectivity index (χ4v) is 1.51. The van der Waals surface area contributed by atoms with Crippen LogP contribution in [-0.4, -0.2) is 23.3 Å². The van der Waals surface area contributed by atoms with Gasteiger partial charge in [0, 0.05) is 6.61 Å². The van der Waals surface area contributed by atoms with Gasteiger partial charge in [0.25, 0.3) is 0 Å². The molecule has 1 aliphatic rings. The fourth-order valence-electron chi connectivity index (χ4n) is 1.51. The molecule has 1 saturated carbocycles. The number of esters is 1. The highest BCUT2D eigenvalue weighted by atomic mass is 16.6. The van der Waals surface area contributed by atoms with Crippen LogP contribution >= 0.6 is 0 Å². The minimum atomic E-state index is -0.397. The van der Waals surface area contributed by atoms with Gasteiger partial charge in [-0.3, -0.25) is 4.79 Å². The molecule has 1 N–H and O–H groups in total. The van der Waals surface area contributed by atoms with Crippen molar-refractivity contribution in [2.24, 2.45) is 5.41 Å². The van der Waals surface area contributed by atoms with Crippen LogP contribution in [0.2, 0.25) is 0 Å². The predicted molar refractivity (Wildman–Crippen MR) is 53.8 cm³/mol. The highest BCUT2D eigenvalue weighted by Gasteiger charge is 2.51. The maximum absolute atomic E-state index is 11.7. The van der Waals surface area contributed by atoms with Crippen LogP contribution in [0.4, 0.5) is 0 Å². The van der Waals surface area contributed by atoms with Crippen LogP contribution in [0.1, 0.15) is 46.5 Å². The van der Waals surface area contributed by atoms with Gasteiger partial charge >= 0.3 is 5.97 Å². The molecule has 0 aromatic carbocycles. The summed E-state index contributed by atoms with van der Waals surface area (Å²) in [6, 6.07) is 0. The summed E-state index contributed by atoms with van der Waals surface area (Å²) in [6.45, 7) is 5.80. The minimum absolute atomic E-state index is 0.0848. The summed E-state index contributed by atoms with van der Waals surface area (Å²) in [7, 11) is 0. The van der Waals surface area contributed by atoms with Crippen LogP contribution < -0.4 is 0 Å². The van der Waals surface area contributed by atoms with E-state index in [4.69, 9.17) is 9.84 Å². The Labute approximate surface area is 85.5 Å². The SMILES string of the molecule is CC(C)(C)OC(=O)C1(CCCO)CC1. The van der Waals surface area contributed by atoms with E-state index in [1.165, 1.54) is 0 Å². The Bertz CT molecular complexity index is 211. The van der Waals surface area contributed by atoms with E-state index in [0.29, 0.717) is 6.42 Å². The predicted octanol–water partition coefficient (Wildman–Crippen LogP) is 1.88. The lowest BCUT2D eigenvalue weighted by molar-refractivity contribution is -0.162. The smallest absolute Gasteiger partial charge is 0.312 e. The number of hydrogen-bond donors (Lipinski definition) is 1. The van der Waals surface area contributed by atoms with Crippen LogP contribution in [0.3, 0.4) is 0 Å². The molecule has 1 rings (SSSR count). The Morgan fingerprint density at radius 3 is 2.36 bits per heavy atom. The zero-order chi connectivity index (χ0) is 10.8. The van der Waals surface area contributed by atoms with E-state index in [9.17, 15) is 4.79 Å². The molecule has 0 aromatic rings. The molecule has 0 heterocycles. The maximum Gasteiger partial charge on any atom is 0.312 e. The molecule has 0 amide bonds. The zero-order valence-corrected chi connectivity index (χ0v) is 9.30. The van der Waals surface area contributed by atoms with Crippen molar-refractivity contribution in [3.8, 4) is 0 Å². The number of carbonyl (C=O) groups excluding carboxylic acids is 1. The Kier molecular flexibility index (Phi) is 3.20. The minimum Gasteiger partial charge on any atom is -0.460 e. The largest absolute Gasteiger partial charge is 0.460 e. The van der Waals surface area contributed by atoms with E-state index >= 15 is 0 Å². The number of rotatable bonds is 4. The Balaban J connectivity index is 2.44. The lowest BCUT2D eigenvalue weighted by Gasteiger charge is -2.23. The molecule has 82 valence electrons. The van der Waals surface area contributed by atoms with Crippen LogP contribution in [-0.2, 0) is 9.53 Å². The van der Waals surface area contributed by atoms with E-state index in [0.717, 1.165) is 19.3 Å². The van der Waals surface area contributed by atoms with Crippen molar-refractivity contribution in [2.45, 2.75) is 52.1 Å². The molecule has 0 saturated heterocycles. The van der Waals surface area contributed by atoms with Crippen molar-refractivity contribution in [1.29, 1.82) is 0 Å². The summed E-state index contributed by atoms with van der Waals surface area (Å²) in [6.07, 6.45) is 3.29. The molecule has 0 aliphatic heterocycles. The number of hydrogen-bond acceptors (Lipinski definition) is 3. The number of ether oxygens (including phenoxy) is 1. The first-order valence-electron chi connectivity index (χ1n) is 5.24. The van der Waals surface area contributed by atoms with Crippen molar-refractivity contribution in [3.05, 3.63) is 0 Å². The highest BCUT2D eigenvalue weighted by molar-refractivity contribution is 5.80. The van der Waals surface area contributed by atoms with Gasteiger partial charge < -0.3 is 9.84 Å². The summed E-state index contributed by atoms with van der Waals surface area (Å²) in [5, 5.41) is 8.72. The first kappa shape index (κ1) is 11.5. The molecule has 0 bridgehead atoms. The Hall–Kier alpha value is -0.570. The van der Waals surface area contributed by atoms with Gasteiger partial charge in [-0.2, -0.15) is 0 Å². The number of aliphatic hydroxyl groups is 1. The normalized spacial score (nSPS) is 19.1. The third-order valence-electron chi connectivity index (χ3n) is 2.50. The molecule has 0 radical (unpaired) electrons. The molecule has 0 aromatic heterocycles. The van der Waals surface area contributed by atoms with Gasteiger partial charge in [0.1, 0.15) is 5.60 Å². The third kappa shape index (κ3) is 2.98. The first-order chi connectivity index (χ1) is 6.40. The van der Waals surface area contributed by atoms with Gasteiger partial charge in [-0.25, -0.2) is 0 Å². The van der Waals surface area contributed by atoms with Gasteiger partial charge in [0.05, 0.1) is 5.41 Å². The van der Waals surface area contributed by atoms with Gasteiger partial charge in [-0.15, -0.1) is 0 Å². The zero-order valence-electron chi connectivity index (χ0n) is 9.30. The number of aliphatic hydroxyl groups excluding tert-OH is 1. The average molecular weight is 200 g/mol. The lowest BCUT2D eigenvalue weighted by Crippen LogP contribution is -2.29. The molecule has 0 spiro atoms. The highest BCUT2D eigenvalue weighted by Crippen LogP contribution is 2.51. The maximum atomic E-state index is 11.7. The second kappa shape index (κ2) is 3.89. The second-order valence-electron chi connectivity index (χ2n) is 5.11. The molecule has 3 heteroatoms. The van der Waals surface area contributed by atoms with Crippen molar-refractivity contribution < 1.29 is 14.6 Å². The van der Waals surface area contributed by atoms with Crippen LogP contribution in [0.15, 0.2) is 0 Å². The second-order valence-corrected chi connectivity index (χ2v) is 5.11. The third-order valence-corrected chi connectivity index (χ3v) is 2.50. The van der Waals surface area contributed by atoms with E-state index in [1.54, 1.807) is 0 Å². The van der Waals surface area contributed by atoms with Crippen LogP contribution in [0, 0.1) is 5.41 Å². The molecule has 3 nitrogen and oxygen atoms in total. The molecule has 1 aliphatic carbocycles. The summed E-state index contributed by atoms with van der Waals surface area (Å²) < 4.78 is 5.34. The van der Waals surface area contributed by atoms with Gasteiger partial charge in [0.2, 0.25) is 0 Å². The quantitative estimate of drug-likeness (QED) is 0.705. The van der Waals surface area contributed by atoms with Crippen molar-refractivity contribution in [1.82, 2.24) is 0 Å². The monoisotopic (exact) mass is 200 g/mol. The molecule has 1 fully saturated rings. The average Bonchev–Trinajstić information content (AvgIpc) is 2.78. The summed E-state index contributed by atoms with van der Waals surface area (Å²) >= 11 is 0. The van der Waals surface area contributed by atoms with Crippen LogP contribution in [0.5, 0.6) is 0 Å². The van der Waals surface area contributed by atoms with E-state index in [-0.39, 0.29) is 18.0 Å².